The van der Waals surface area contributed by atoms with Crippen molar-refractivity contribution in [2.24, 2.45) is 0 Å². The number of halogens is 1. The summed E-state index contributed by atoms with van der Waals surface area (Å²) in [7, 11) is 1.64. The molecule has 0 radical (unpaired) electrons. The summed E-state index contributed by atoms with van der Waals surface area (Å²) in [6.07, 6.45) is 4.51. The van der Waals surface area contributed by atoms with E-state index in [1.807, 2.05) is 120 Å². The van der Waals surface area contributed by atoms with Gasteiger partial charge in [0.15, 0.2) is 0 Å². The largest absolute Gasteiger partial charge is 0.497 e. The van der Waals surface area contributed by atoms with Crippen molar-refractivity contribution < 1.29 is 14.3 Å². The summed E-state index contributed by atoms with van der Waals surface area (Å²) >= 11 is 13.2. The number of benzene rings is 4. The topological polar surface area (TPSA) is 56.6 Å². The van der Waals surface area contributed by atoms with E-state index in [0.29, 0.717) is 33.8 Å². The van der Waals surface area contributed by atoms with Crippen molar-refractivity contribution in [3.63, 3.8) is 0 Å². The van der Waals surface area contributed by atoms with Gasteiger partial charge in [0.1, 0.15) is 22.4 Å². The van der Waals surface area contributed by atoms with Gasteiger partial charge < -0.3 is 9.47 Å². The summed E-state index contributed by atoms with van der Waals surface area (Å²) in [5.41, 5.74) is 5.40. The Labute approximate surface area is 270 Å². The molecule has 0 unspecified atom stereocenters. The van der Waals surface area contributed by atoms with E-state index >= 15 is 0 Å². The highest BCUT2D eigenvalue weighted by atomic mass is 35.5. The Balaban J connectivity index is 1.24. The molecule has 0 aliphatic carbocycles. The second kappa shape index (κ2) is 13.5. The first-order chi connectivity index (χ1) is 21.5. The zero-order valence-electron chi connectivity index (χ0n) is 23.9. The van der Waals surface area contributed by atoms with E-state index < -0.39 is 0 Å². The second-order valence-corrected chi connectivity index (χ2v) is 12.1. The fourth-order valence-corrected chi connectivity index (χ4v) is 6.27. The standard InChI is InChI=1S/C35H28ClN3O3S2/c1-41-29-15-11-24(12-16-29)19-20-38-34(40)32(44-35(38)43)21-27-22-39(28-8-3-2-4-9-28)37-33(27)25-13-17-30(18-14-25)42-23-26-7-5-6-10-31(26)36/h2-18,21-22H,19-20,23H2,1H3/b32-21-. The zero-order valence-corrected chi connectivity index (χ0v) is 26.2. The maximum atomic E-state index is 13.5. The quantitative estimate of drug-likeness (QED) is 0.114. The third-order valence-electron chi connectivity index (χ3n) is 7.19. The molecule has 0 N–H and O–H groups in total. The molecule has 0 spiro atoms. The van der Waals surface area contributed by atoms with E-state index in [1.165, 1.54) is 11.8 Å². The molecule has 44 heavy (non-hydrogen) atoms. The average Bonchev–Trinajstić information content (AvgIpc) is 3.60. The summed E-state index contributed by atoms with van der Waals surface area (Å²) in [5.74, 6) is 1.42. The number of carbonyl (C=O) groups is 1. The van der Waals surface area contributed by atoms with Crippen LogP contribution in [0.1, 0.15) is 16.7 Å². The van der Waals surface area contributed by atoms with Crippen molar-refractivity contribution in [1.82, 2.24) is 14.7 Å². The van der Waals surface area contributed by atoms with Crippen molar-refractivity contribution in [2.45, 2.75) is 13.0 Å². The molecule has 1 aromatic heterocycles. The fourth-order valence-electron chi connectivity index (χ4n) is 4.78. The summed E-state index contributed by atoms with van der Waals surface area (Å²) in [6, 6.07) is 33.1. The zero-order chi connectivity index (χ0) is 30.5. The van der Waals surface area contributed by atoms with Gasteiger partial charge in [-0.3, -0.25) is 9.69 Å². The number of thiocarbonyl (C=S) groups is 1. The first-order valence-electron chi connectivity index (χ1n) is 14.0. The highest BCUT2D eigenvalue weighted by Crippen LogP contribution is 2.35. The lowest BCUT2D eigenvalue weighted by molar-refractivity contribution is -0.122. The van der Waals surface area contributed by atoms with Gasteiger partial charge in [-0.25, -0.2) is 4.68 Å². The predicted octanol–water partition coefficient (Wildman–Crippen LogP) is 8.22. The van der Waals surface area contributed by atoms with Gasteiger partial charge in [0.05, 0.1) is 23.4 Å². The van der Waals surface area contributed by atoms with Gasteiger partial charge in [0.2, 0.25) is 0 Å². The summed E-state index contributed by atoms with van der Waals surface area (Å²) in [6.45, 7) is 0.868. The Morgan fingerprint density at radius 2 is 1.61 bits per heavy atom. The molecule has 0 atom stereocenters. The van der Waals surface area contributed by atoms with Gasteiger partial charge >= 0.3 is 0 Å². The van der Waals surface area contributed by atoms with E-state index in [1.54, 1.807) is 12.0 Å². The van der Waals surface area contributed by atoms with Crippen molar-refractivity contribution in [2.75, 3.05) is 13.7 Å². The monoisotopic (exact) mass is 637 g/mol. The van der Waals surface area contributed by atoms with Crippen molar-refractivity contribution in [3.05, 3.63) is 136 Å². The van der Waals surface area contributed by atoms with Crippen LogP contribution in [-0.4, -0.2) is 38.6 Å². The van der Waals surface area contributed by atoms with Crippen LogP contribution in [0.5, 0.6) is 11.5 Å². The minimum absolute atomic E-state index is 0.102. The van der Waals surface area contributed by atoms with Gasteiger partial charge in [-0.1, -0.05) is 84.1 Å². The number of thioether (sulfide) groups is 1. The number of hydrogen-bond acceptors (Lipinski definition) is 6. The van der Waals surface area contributed by atoms with Crippen LogP contribution in [0.4, 0.5) is 0 Å². The Morgan fingerprint density at radius 1 is 0.909 bits per heavy atom. The van der Waals surface area contributed by atoms with Crippen LogP contribution in [0.25, 0.3) is 23.0 Å². The number of nitrogens with zero attached hydrogens (tertiary/aromatic N) is 3. The van der Waals surface area contributed by atoms with Crippen LogP contribution < -0.4 is 9.47 Å². The van der Waals surface area contributed by atoms with Crippen LogP contribution in [-0.2, 0) is 17.8 Å². The van der Waals surface area contributed by atoms with Crippen molar-refractivity contribution in [1.29, 1.82) is 0 Å². The summed E-state index contributed by atoms with van der Waals surface area (Å²) < 4.78 is 13.6. The second-order valence-electron chi connectivity index (χ2n) is 10.0. The van der Waals surface area contributed by atoms with E-state index in [9.17, 15) is 4.79 Å². The molecule has 1 aliphatic rings. The molecular weight excluding hydrogens is 610 g/mol. The fraction of sp³-hybridized carbons (Fsp3) is 0.114. The summed E-state index contributed by atoms with van der Waals surface area (Å²) in [5, 5.41) is 5.59. The molecule has 2 heterocycles. The van der Waals surface area contributed by atoms with Gasteiger partial charge in [-0.15, -0.1) is 0 Å². The van der Waals surface area contributed by atoms with Crippen molar-refractivity contribution >= 4 is 51.9 Å². The van der Waals surface area contributed by atoms with Gasteiger partial charge in [0, 0.05) is 34.5 Å². The molecule has 1 saturated heterocycles. The Bertz CT molecular complexity index is 1820. The molecule has 0 bridgehead atoms. The maximum Gasteiger partial charge on any atom is 0.266 e. The Kier molecular flexibility index (Phi) is 9.12. The lowest BCUT2D eigenvalue weighted by Gasteiger charge is -2.14. The van der Waals surface area contributed by atoms with E-state index in [2.05, 4.69) is 0 Å². The number of rotatable bonds is 10. The molecule has 6 nitrogen and oxygen atoms in total. The van der Waals surface area contributed by atoms with Crippen molar-refractivity contribution in [3.8, 4) is 28.4 Å². The minimum Gasteiger partial charge on any atom is -0.497 e. The number of hydrogen-bond donors (Lipinski definition) is 0. The predicted molar refractivity (Wildman–Crippen MR) is 181 cm³/mol. The smallest absolute Gasteiger partial charge is 0.266 e. The average molecular weight is 638 g/mol. The number of methoxy groups -OCH3 is 1. The normalized spacial score (nSPS) is 14.0. The molecule has 4 aromatic carbocycles. The third-order valence-corrected chi connectivity index (χ3v) is 8.93. The SMILES string of the molecule is COc1ccc(CCN2C(=O)/C(=C/c3cn(-c4ccccc4)nc3-c3ccc(OCc4ccccc4Cl)cc3)SC2=S)cc1. The molecule has 1 amide bonds. The molecular formula is C35H28ClN3O3S2. The maximum absolute atomic E-state index is 13.5. The Morgan fingerprint density at radius 3 is 2.34 bits per heavy atom. The van der Waals surface area contributed by atoms with Crippen LogP contribution in [0.15, 0.2) is 114 Å². The van der Waals surface area contributed by atoms with E-state index in [0.717, 1.165) is 45.1 Å². The van der Waals surface area contributed by atoms with Crippen LogP contribution in [0.2, 0.25) is 5.02 Å². The Hall–Kier alpha value is -4.37. The molecule has 0 saturated carbocycles. The first kappa shape index (κ1) is 29.7. The number of ether oxygens (including phenoxy) is 2. The highest BCUT2D eigenvalue weighted by Gasteiger charge is 2.32. The number of carbonyl (C=O) groups excluding carboxylic acids is 1. The molecule has 220 valence electrons. The van der Waals surface area contributed by atoms with Gasteiger partial charge in [0.25, 0.3) is 5.91 Å². The molecule has 1 aliphatic heterocycles. The van der Waals surface area contributed by atoms with E-state index in [-0.39, 0.29) is 5.91 Å². The first-order valence-corrected chi connectivity index (χ1v) is 15.6. The highest BCUT2D eigenvalue weighted by molar-refractivity contribution is 8.26. The number of aromatic nitrogens is 2. The molecule has 1 fully saturated rings. The van der Waals surface area contributed by atoms with Crippen LogP contribution in [0, 0.1) is 0 Å². The van der Waals surface area contributed by atoms with Gasteiger partial charge in [-0.05, 0) is 72.7 Å². The van der Waals surface area contributed by atoms with Gasteiger partial charge in [-0.2, -0.15) is 5.10 Å². The minimum atomic E-state index is -0.102. The number of para-hydroxylation sites is 1. The molecule has 5 aromatic rings. The molecule has 6 rings (SSSR count). The van der Waals surface area contributed by atoms with Crippen LogP contribution >= 0.6 is 35.6 Å². The third kappa shape index (κ3) is 6.73. The molecule has 9 heteroatoms. The number of amides is 1. The summed E-state index contributed by atoms with van der Waals surface area (Å²) in [4.78, 5) is 15.7. The van der Waals surface area contributed by atoms with Crippen LogP contribution in [0.3, 0.4) is 0 Å². The lowest BCUT2D eigenvalue weighted by atomic mass is 10.1. The van der Waals surface area contributed by atoms with E-state index in [4.69, 9.17) is 38.4 Å². The lowest BCUT2D eigenvalue weighted by Crippen LogP contribution is -2.30.